The Kier molecular flexibility index (Phi) is 5.82. The molecular weight excluding hydrogens is 445 g/mol. The normalized spacial score (nSPS) is 17.3. The molecule has 4 heterocycles. The first kappa shape index (κ1) is 22.1. The summed E-state index contributed by atoms with van der Waals surface area (Å²) >= 11 is 0. The quantitative estimate of drug-likeness (QED) is 0.451. The number of hydrogen-bond acceptors (Lipinski definition) is 6. The Morgan fingerprint density at radius 2 is 1.85 bits per heavy atom. The van der Waals surface area contributed by atoms with E-state index in [1.807, 2.05) is 30.5 Å². The number of nitrogens with zero attached hydrogens (tertiary/aromatic N) is 5. The number of hydrogen-bond donors (Lipinski definition) is 1. The molecule has 0 spiro atoms. The maximum absolute atomic E-state index is 12.8. The van der Waals surface area contributed by atoms with Crippen molar-refractivity contribution >= 4 is 5.82 Å². The Morgan fingerprint density at radius 1 is 1.06 bits per heavy atom. The van der Waals surface area contributed by atoms with Crippen LogP contribution in [0.25, 0.3) is 22.6 Å². The highest BCUT2D eigenvalue weighted by atomic mass is 19.4. The number of halogens is 3. The third-order valence-corrected chi connectivity index (χ3v) is 6.07. The molecule has 0 amide bonds. The van der Waals surface area contributed by atoms with Crippen molar-refractivity contribution in [2.75, 3.05) is 24.5 Å². The standard InChI is InChI=1S/C24H23F3N6O/c1-16-13-32(8-9-33(16)22-7-6-20(11-29-22)24(25,26)27)14-19-10-30-31-23(19)18-4-2-17(3-5-18)21-12-28-15-34-21/h2-7,10-12,15-16H,8-9,13-14H2,1H3,(H,30,31). The molecule has 34 heavy (non-hydrogen) atoms. The first-order chi connectivity index (χ1) is 16.4. The number of piperazine rings is 1. The molecule has 10 heteroatoms. The van der Waals surface area contributed by atoms with Crippen molar-refractivity contribution in [3.63, 3.8) is 0 Å². The molecule has 0 aliphatic carbocycles. The van der Waals surface area contributed by atoms with E-state index in [4.69, 9.17) is 4.42 Å². The number of aromatic nitrogens is 4. The number of anilines is 1. The lowest BCUT2D eigenvalue weighted by atomic mass is 10.0. The lowest BCUT2D eigenvalue weighted by Crippen LogP contribution is -2.51. The fourth-order valence-electron chi connectivity index (χ4n) is 4.32. The van der Waals surface area contributed by atoms with E-state index in [1.165, 1.54) is 12.5 Å². The summed E-state index contributed by atoms with van der Waals surface area (Å²) in [6, 6.07) is 10.6. The highest BCUT2D eigenvalue weighted by Gasteiger charge is 2.32. The second-order valence-electron chi connectivity index (χ2n) is 8.38. The minimum atomic E-state index is -4.38. The zero-order valence-electron chi connectivity index (χ0n) is 18.5. The van der Waals surface area contributed by atoms with Gasteiger partial charge in [-0.15, -0.1) is 0 Å². The molecule has 1 saturated heterocycles. The highest BCUT2D eigenvalue weighted by Crippen LogP contribution is 2.30. The van der Waals surface area contributed by atoms with Gasteiger partial charge in [-0.2, -0.15) is 18.3 Å². The van der Waals surface area contributed by atoms with Gasteiger partial charge in [-0.1, -0.05) is 24.3 Å². The van der Waals surface area contributed by atoms with Crippen LogP contribution < -0.4 is 4.90 Å². The van der Waals surface area contributed by atoms with Crippen LogP contribution in [0, 0.1) is 0 Å². The van der Waals surface area contributed by atoms with Gasteiger partial charge in [-0.05, 0) is 19.1 Å². The van der Waals surface area contributed by atoms with Gasteiger partial charge < -0.3 is 9.32 Å². The maximum Gasteiger partial charge on any atom is 0.417 e. The molecule has 176 valence electrons. The topological polar surface area (TPSA) is 74.1 Å². The fraction of sp³-hybridized carbons (Fsp3) is 0.292. The van der Waals surface area contributed by atoms with Crippen LogP contribution in [0.15, 0.2) is 65.8 Å². The van der Waals surface area contributed by atoms with Crippen LogP contribution >= 0.6 is 0 Å². The molecule has 1 fully saturated rings. The molecule has 1 atom stereocenters. The Hall–Kier alpha value is -3.66. The average molecular weight is 468 g/mol. The molecule has 1 aliphatic rings. The molecule has 4 aromatic rings. The van der Waals surface area contributed by atoms with E-state index in [9.17, 15) is 13.2 Å². The predicted molar refractivity (Wildman–Crippen MR) is 121 cm³/mol. The van der Waals surface area contributed by atoms with Crippen molar-refractivity contribution in [3.05, 3.63) is 72.5 Å². The summed E-state index contributed by atoms with van der Waals surface area (Å²) in [5.74, 6) is 1.28. The summed E-state index contributed by atoms with van der Waals surface area (Å²) in [4.78, 5) is 12.4. The van der Waals surface area contributed by atoms with Gasteiger partial charge in [0.15, 0.2) is 12.2 Å². The van der Waals surface area contributed by atoms with Crippen LogP contribution in [0.1, 0.15) is 18.1 Å². The molecule has 1 aromatic carbocycles. The van der Waals surface area contributed by atoms with Crippen LogP contribution in [0.4, 0.5) is 19.0 Å². The van der Waals surface area contributed by atoms with Gasteiger partial charge >= 0.3 is 6.18 Å². The van der Waals surface area contributed by atoms with Gasteiger partial charge in [-0.25, -0.2) is 9.97 Å². The Balaban J connectivity index is 1.24. The van der Waals surface area contributed by atoms with E-state index in [2.05, 4.69) is 36.9 Å². The number of nitrogens with one attached hydrogen (secondary N) is 1. The van der Waals surface area contributed by atoms with E-state index in [0.717, 1.165) is 47.7 Å². The number of aromatic amines is 1. The van der Waals surface area contributed by atoms with Gasteiger partial charge in [0.25, 0.3) is 0 Å². The lowest BCUT2D eigenvalue weighted by Gasteiger charge is -2.40. The Morgan fingerprint density at radius 3 is 2.50 bits per heavy atom. The second-order valence-corrected chi connectivity index (χ2v) is 8.38. The van der Waals surface area contributed by atoms with E-state index in [0.29, 0.717) is 24.7 Å². The van der Waals surface area contributed by atoms with Gasteiger partial charge in [-0.3, -0.25) is 10.00 Å². The molecule has 0 saturated carbocycles. The highest BCUT2D eigenvalue weighted by molar-refractivity contribution is 5.67. The molecule has 0 bridgehead atoms. The van der Waals surface area contributed by atoms with Crippen LogP contribution in [-0.2, 0) is 12.7 Å². The molecule has 1 N–H and O–H groups in total. The molecule has 1 aliphatic heterocycles. The first-order valence-electron chi connectivity index (χ1n) is 10.9. The molecule has 1 unspecified atom stereocenters. The van der Waals surface area contributed by atoms with Crippen molar-refractivity contribution < 1.29 is 17.6 Å². The minimum absolute atomic E-state index is 0.106. The van der Waals surface area contributed by atoms with Crippen LogP contribution in [0.5, 0.6) is 0 Å². The fourth-order valence-corrected chi connectivity index (χ4v) is 4.32. The summed E-state index contributed by atoms with van der Waals surface area (Å²) in [5, 5.41) is 7.43. The number of pyridine rings is 1. The van der Waals surface area contributed by atoms with Gasteiger partial charge in [0.1, 0.15) is 5.82 Å². The molecular formula is C24H23F3N6O. The molecule has 5 rings (SSSR count). The van der Waals surface area contributed by atoms with E-state index >= 15 is 0 Å². The molecule has 3 aromatic heterocycles. The van der Waals surface area contributed by atoms with E-state index in [1.54, 1.807) is 6.20 Å². The Bertz CT molecular complexity index is 1220. The zero-order chi connectivity index (χ0) is 23.7. The third kappa shape index (κ3) is 4.54. The van der Waals surface area contributed by atoms with Crippen molar-refractivity contribution in [1.29, 1.82) is 0 Å². The molecule has 0 radical (unpaired) electrons. The van der Waals surface area contributed by atoms with Crippen LogP contribution in [-0.4, -0.2) is 50.7 Å². The summed E-state index contributed by atoms with van der Waals surface area (Å²) in [6.45, 7) is 4.98. The summed E-state index contributed by atoms with van der Waals surface area (Å²) in [6.07, 6.45) is 1.52. The Labute approximate surface area is 194 Å². The summed E-state index contributed by atoms with van der Waals surface area (Å²) < 4.78 is 43.9. The number of H-pyrrole nitrogens is 1. The van der Waals surface area contributed by atoms with E-state index < -0.39 is 11.7 Å². The smallest absolute Gasteiger partial charge is 0.417 e. The monoisotopic (exact) mass is 468 g/mol. The maximum atomic E-state index is 12.8. The van der Waals surface area contributed by atoms with Gasteiger partial charge in [0, 0.05) is 61.3 Å². The second kappa shape index (κ2) is 8.94. The van der Waals surface area contributed by atoms with Gasteiger partial charge in [0.2, 0.25) is 0 Å². The number of alkyl halides is 3. The summed E-state index contributed by atoms with van der Waals surface area (Å²) in [5.41, 5.74) is 3.19. The summed E-state index contributed by atoms with van der Waals surface area (Å²) in [7, 11) is 0. The number of rotatable bonds is 5. The zero-order valence-corrected chi connectivity index (χ0v) is 18.5. The van der Waals surface area contributed by atoms with Crippen LogP contribution in [0.3, 0.4) is 0 Å². The van der Waals surface area contributed by atoms with Crippen molar-refractivity contribution in [2.45, 2.75) is 25.7 Å². The van der Waals surface area contributed by atoms with E-state index in [-0.39, 0.29) is 6.04 Å². The van der Waals surface area contributed by atoms with Crippen LogP contribution in [0.2, 0.25) is 0 Å². The average Bonchev–Trinajstić information content (AvgIpc) is 3.51. The number of benzene rings is 1. The number of oxazole rings is 1. The first-order valence-corrected chi connectivity index (χ1v) is 10.9. The van der Waals surface area contributed by atoms with Crippen molar-refractivity contribution in [1.82, 2.24) is 25.1 Å². The largest absolute Gasteiger partial charge is 0.444 e. The molecule has 7 nitrogen and oxygen atoms in total. The third-order valence-electron chi connectivity index (χ3n) is 6.07. The predicted octanol–water partition coefficient (Wildman–Crippen LogP) is 4.86. The SMILES string of the molecule is CC1CN(Cc2c[nH]nc2-c2ccc(-c3cnco3)cc2)CCN1c1ccc(C(F)(F)F)cn1. The van der Waals surface area contributed by atoms with Gasteiger partial charge in [0.05, 0.1) is 17.5 Å². The lowest BCUT2D eigenvalue weighted by molar-refractivity contribution is -0.137. The van der Waals surface area contributed by atoms with Crippen molar-refractivity contribution in [2.24, 2.45) is 0 Å². The van der Waals surface area contributed by atoms with Crippen molar-refractivity contribution in [3.8, 4) is 22.6 Å². The minimum Gasteiger partial charge on any atom is -0.444 e.